The van der Waals surface area contributed by atoms with Crippen LogP contribution in [0.1, 0.15) is 12.1 Å². The van der Waals surface area contributed by atoms with Gasteiger partial charge in [-0.15, -0.1) is 0 Å². The fourth-order valence-corrected chi connectivity index (χ4v) is 4.10. The maximum atomic E-state index is 12.7. The quantitative estimate of drug-likeness (QED) is 0.719. The van der Waals surface area contributed by atoms with E-state index < -0.39 is 10.0 Å². The van der Waals surface area contributed by atoms with Gasteiger partial charge in [0.25, 0.3) is 0 Å². The van der Waals surface area contributed by atoms with Crippen molar-refractivity contribution in [2.75, 3.05) is 39.0 Å². The molecule has 0 saturated carbocycles. The van der Waals surface area contributed by atoms with Crippen LogP contribution >= 0.6 is 0 Å². The van der Waals surface area contributed by atoms with Crippen LogP contribution in [0.3, 0.4) is 0 Å². The van der Waals surface area contributed by atoms with Gasteiger partial charge in [0.1, 0.15) is 0 Å². The zero-order valence-corrected chi connectivity index (χ0v) is 15.0. The molecule has 2 aliphatic rings. The SMILES string of the molecule is CS(=O)(=O)N1CCN(C(=O)C2CC(=O)N(Cc3ccccn3)C2)CC1. The molecule has 8 nitrogen and oxygen atoms in total. The molecule has 2 saturated heterocycles. The number of likely N-dealkylation sites (tertiary alicyclic amines) is 1. The molecule has 0 N–H and O–H groups in total. The summed E-state index contributed by atoms with van der Waals surface area (Å²) in [6.07, 6.45) is 3.06. The molecule has 1 aromatic heterocycles. The number of pyridine rings is 1. The predicted octanol–water partition coefficient (Wildman–Crippen LogP) is -0.466. The second-order valence-corrected chi connectivity index (χ2v) is 8.47. The standard InChI is InChI=1S/C16H22N4O4S/c1-25(23,24)20-8-6-18(7-9-20)16(22)13-10-15(21)19(11-13)12-14-4-2-3-5-17-14/h2-5,13H,6-12H2,1H3. The van der Waals surface area contributed by atoms with Crippen molar-refractivity contribution in [3.8, 4) is 0 Å². The van der Waals surface area contributed by atoms with Gasteiger partial charge in [-0.3, -0.25) is 14.6 Å². The van der Waals surface area contributed by atoms with Crippen molar-refractivity contribution in [1.82, 2.24) is 19.1 Å². The van der Waals surface area contributed by atoms with E-state index in [0.29, 0.717) is 39.3 Å². The van der Waals surface area contributed by atoms with Gasteiger partial charge in [-0.05, 0) is 12.1 Å². The predicted molar refractivity (Wildman–Crippen MR) is 90.8 cm³/mol. The monoisotopic (exact) mass is 366 g/mol. The number of sulfonamides is 1. The Balaban J connectivity index is 1.56. The van der Waals surface area contributed by atoms with Crippen molar-refractivity contribution in [3.63, 3.8) is 0 Å². The van der Waals surface area contributed by atoms with Gasteiger partial charge < -0.3 is 9.80 Å². The summed E-state index contributed by atoms with van der Waals surface area (Å²) in [7, 11) is -3.22. The second-order valence-electron chi connectivity index (χ2n) is 6.48. The highest BCUT2D eigenvalue weighted by molar-refractivity contribution is 7.88. The first kappa shape index (κ1) is 17.8. The van der Waals surface area contributed by atoms with Gasteiger partial charge in [0.15, 0.2) is 0 Å². The van der Waals surface area contributed by atoms with Crippen molar-refractivity contribution in [1.29, 1.82) is 0 Å². The van der Waals surface area contributed by atoms with Crippen LogP contribution in [0.15, 0.2) is 24.4 Å². The fraction of sp³-hybridized carbons (Fsp3) is 0.562. The maximum Gasteiger partial charge on any atom is 0.228 e. The molecule has 1 aromatic rings. The summed E-state index contributed by atoms with van der Waals surface area (Å²) in [6, 6.07) is 5.54. The third kappa shape index (κ3) is 4.16. The highest BCUT2D eigenvalue weighted by atomic mass is 32.2. The molecule has 3 rings (SSSR count). The first-order valence-corrected chi connectivity index (χ1v) is 10.1. The maximum absolute atomic E-state index is 12.7. The van der Waals surface area contributed by atoms with Crippen LogP contribution in [0.4, 0.5) is 0 Å². The smallest absolute Gasteiger partial charge is 0.228 e. The topological polar surface area (TPSA) is 90.9 Å². The molecule has 1 unspecified atom stereocenters. The molecule has 0 bridgehead atoms. The van der Waals surface area contributed by atoms with Gasteiger partial charge in [0.05, 0.1) is 24.4 Å². The zero-order chi connectivity index (χ0) is 18.0. The number of aromatic nitrogens is 1. The Kier molecular flexibility index (Phi) is 5.05. The lowest BCUT2D eigenvalue weighted by Gasteiger charge is -2.34. The molecule has 136 valence electrons. The highest BCUT2D eigenvalue weighted by Gasteiger charge is 2.37. The number of hydrogen-bond donors (Lipinski definition) is 0. The molecular weight excluding hydrogens is 344 g/mol. The van der Waals surface area contributed by atoms with E-state index in [0.717, 1.165) is 5.69 Å². The summed E-state index contributed by atoms with van der Waals surface area (Å²) >= 11 is 0. The molecular formula is C16H22N4O4S. The first-order valence-electron chi connectivity index (χ1n) is 8.26. The summed E-state index contributed by atoms with van der Waals surface area (Å²) in [4.78, 5) is 32.4. The second kappa shape index (κ2) is 7.09. The van der Waals surface area contributed by atoms with Gasteiger partial charge in [0, 0.05) is 45.3 Å². The van der Waals surface area contributed by atoms with Crippen LogP contribution in [0.2, 0.25) is 0 Å². The van der Waals surface area contributed by atoms with Crippen LogP contribution in [0.25, 0.3) is 0 Å². The van der Waals surface area contributed by atoms with Gasteiger partial charge in [-0.1, -0.05) is 6.07 Å². The summed E-state index contributed by atoms with van der Waals surface area (Å²) in [5.41, 5.74) is 0.797. The minimum absolute atomic E-state index is 0.0428. The van der Waals surface area contributed by atoms with Crippen molar-refractivity contribution >= 4 is 21.8 Å². The number of carbonyl (C=O) groups is 2. The number of amides is 2. The Hall–Kier alpha value is -2.00. The Morgan fingerprint density at radius 1 is 1.24 bits per heavy atom. The summed E-state index contributed by atoms with van der Waals surface area (Å²) < 4.78 is 24.5. The minimum atomic E-state index is -3.22. The third-order valence-electron chi connectivity index (χ3n) is 4.66. The highest BCUT2D eigenvalue weighted by Crippen LogP contribution is 2.22. The summed E-state index contributed by atoms with van der Waals surface area (Å²) in [5, 5.41) is 0. The van der Waals surface area contributed by atoms with E-state index in [-0.39, 0.29) is 24.2 Å². The Morgan fingerprint density at radius 3 is 2.56 bits per heavy atom. The van der Waals surface area contributed by atoms with Crippen LogP contribution in [0, 0.1) is 5.92 Å². The number of nitrogens with zero attached hydrogens (tertiary/aromatic N) is 4. The van der Waals surface area contributed by atoms with Crippen LogP contribution < -0.4 is 0 Å². The van der Waals surface area contributed by atoms with Crippen LogP contribution in [0.5, 0.6) is 0 Å². The molecule has 1 atom stereocenters. The third-order valence-corrected chi connectivity index (χ3v) is 5.97. The largest absolute Gasteiger partial charge is 0.340 e. The summed E-state index contributed by atoms with van der Waals surface area (Å²) in [6.45, 7) is 2.16. The van der Waals surface area contributed by atoms with E-state index in [1.54, 1.807) is 16.0 Å². The molecule has 2 fully saturated rings. The van der Waals surface area contributed by atoms with E-state index >= 15 is 0 Å². The number of rotatable bonds is 4. The van der Waals surface area contributed by atoms with Crippen LogP contribution in [-0.2, 0) is 26.2 Å². The lowest BCUT2D eigenvalue weighted by atomic mass is 10.1. The van der Waals surface area contributed by atoms with Crippen molar-refractivity contribution in [2.45, 2.75) is 13.0 Å². The number of hydrogen-bond acceptors (Lipinski definition) is 5. The zero-order valence-electron chi connectivity index (χ0n) is 14.2. The van der Waals surface area contributed by atoms with Crippen molar-refractivity contribution < 1.29 is 18.0 Å². The average molecular weight is 366 g/mol. The minimum Gasteiger partial charge on any atom is -0.340 e. The van der Waals surface area contributed by atoms with E-state index in [1.165, 1.54) is 10.6 Å². The molecule has 25 heavy (non-hydrogen) atoms. The Morgan fingerprint density at radius 2 is 1.96 bits per heavy atom. The Bertz CT molecular complexity index is 745. The molecule has 0 radical (unpaired) electrons. The lowest BCUT2D eigenvalue weighted by molar-refractivity contribution is -0.137. The molecule has 0 aliphatic carbocycles. The molecule has 2 amide bonds. The van der Waals surface area contributed by atoms with E-state index in [9.17, 15) is 18.0 Å². The molecule has 0 aromatic carbocycles. The van der Waals surface area contributed by atoms with Gasteiger partial charge >= 0.3 is 0 Å². The van der Waals surface area contributed by atoms with E-state index in [2.05, 4.69) is 4.98 Å². The fourth-order valence-electron chi connectivity index (χ4n) is 3.28. The number of piperazine rings is 1. The van der Waals surface area contributed by atoms with Gasteiger partial charge in [0.2, 0.25) is 21.8 Å². The Labute approximate surface area is 147 Å². The van der Waals surface area contributed by atoms with Crippen molar-refractivity contribution in [2.24, 2.45) is 5.92 Å². The normalized spacial score (nSPS) is 22.4. The van der Waals surface area contributed by atoms with Gasteiger partial charge in [-0.2, -0.15) is 4.31 Å². The lowest BCUT2D eigenvalue weighted by Crippen LogP contribution is -2.51. The molecule has 0 spiro atoms. The molecule has 3 heterocycles. The van der Waals surface area contributed by atoms with Crippen LogP contribution in [-0.4, -0.2) is 78.3 Å². The van der Waals surface area contributed by atoms with E-state index in [1.807, 2.05) is 18.2 Å². The summed E-state index contributed by atoms with van der Waals surface area (Å²) in [5.74, 6) is -0.468. The van der Waals surface area contributed by atoms with E-state index in [4.69, 9.17) is 0 Å². The van der Waals surface area contributed by atoms with Crippen molar-refractivity contribution in [3.05, 3.63) is 30.1 Å². The molecule has 2 aliphatic heterocycles. The van der Waals surface area contributed by atoms with Gasteiger partial charge in [-0.25, -0.2) is 8.42 Å². The first-order chi connectivity index (χ1) is 11.8. The average Bonchev–Trinajstić information content (AvgIpc) is 2.95. The number of carbonyl (C=O) groups excluding carboxylic acids is 2. The molecule has 9 heteroatoms.